The van der Waals surface area contributed by atoms with E-state index >= 15 is 0 Å². The third kappa shape index (κ3) is 3.70. The van der Waals surface area contributed by atoms with Crippen LogP contribution >= 0.6 is 0 Å². The molecule has 2 aromatic rings. The van der Waals surface area contributed by atoms with E-state index in [0.717, 1.165) is 11.1 Å². The van der Waals surface area contributed by atoms with E-state index < -0.39 is 11.6 Å². The molecule has 2 atom stereocenters. The largest absolute Gasteiger partial charge is 0.498 e. The van der Waals surface area contributed by atoms with E-state index in [1.165, 1.54) is 0 Å². The zero-order chi connectivity index (χ0) is 20.4. The van der Waals surface area contributed by atoms with Crippen molar-refractivity contribution in [1.29, 1.82) is 0 Å². The molecular weight excluding hydrogens is 352 g/mol. The number of amides is 1. The quantitative estimate of drug-likeness (QED) is 0.825. The number of aliphatic hydroxyl groups excluding tert-OH is 1. The van der Waals surface area contributed by atoms with Crippen molar-refractivity contribution in [2.45, 2.75) is 38.4 Å². The highest BCUT2D eigenvalue weighted by Crippen LogP contribution is 2.36. The minimum atomic E-state index is -1.07. The molecule has 3 rings (SSSR count). The fourth-order valence-corrected chi connectivity index (χ4v) is 4.42. The molecule has 150 valence electrons. The summed E-state index contributed by atoms with van der Waals surface area (Å²) in [5, 5.41) is 22.4. The molecule has 1 amide bonds. The average molecular weight is 383 g/mol. The molecule has 1 saturated heterocycles. The van der Waals surface area contributed by atoms with E-state index in [1.54, 1.807) is 0 Å². The first-order chi connectivity index (χ1) is 13.3. The summed E-state index contributed by atoms with van der Waals surface area (Å²) in [6.45, 7) is 7.01. The van der Waals surface area contributed by atoms with Crippen LogP contribution in [0.1, 0.15) is 37.9 Å². The van der Waals surface area contributed by atoms with Crippen molar-refractivity contribution < 1.29 is 19.5 Å². The topological polar surface area (TPSA) is 63.6 Å². The summed E-state index contributed by atoms with van der Waals surface area (Å²) in [7, 11) is 0. The lowest BCUT2D eigenvalue weighted by Gasteiger charge is -2.55. The second kappa shape index (κ2) is 8.03. The Hall–Kier alpha value is -2.21. The molecule has 1 heterocycles. The van der Waals surface area contributed by atoms with Crippen molar-refractivity contribution in [2.24, 2.45) is 0 Å². The fourth-order valence-electron chi connectivity index (χ4n) is 4.42. The molecule has 0 spiro atoms. The molecule has 1 aliphatic heterocycles. The summed E-state index contributed by atoms with van der Waals surface area (Å²) < 4.78 is -0.148. The van der Waals surface area contributed by atoms with Crippen LogP contribution in [0.5, 0.6) is 0 Å². The molecule has 0 bridgehead atoms. The smallest absolute Gasteiger partial charge is 0.257 e. The Bertz CT molecular complexity index is 749. The standard InChI is InChI=1S/C23H30N2O3/c1-23(2,3)25(22(27)28)15-14-24(20(16-25)17-26)21(18-10-6-4-7-11-18)19-12-8-5-9-13-19/h4-13,20-21,26H,14-17H2,1-3H3. The van der Waals surface area contributed by atoms with E-state index in [9.17, 15) is 15.0 Å². The second-order valence-electron chi connectivity index (χ2n) is 8.61. The van der Waals surface area contributed by atoms with E-state index in [-0.39, 0.29) is 23.2 Å². The maximum atomic E-state index is 12.2. The molecule has 0 saturated carbocycles. The summed E-state index contributed by atoms with van der Waals surface area (Å²) in [6, 6.07) is 20.1. The highest BCUT2D eigenvalue weighted by atomic mass is 16.4. The molecular formula is C23H30N2O3. The number of aliphatic hydroxyl groups is 1. The van der Waals surface area contributed by atoms with Gasteiger partial charge < -0.3 is 15.0 Å². The van der Waals surface area contributed by atoms with Crippen molar-refractivity contribution >= 4 is 6.09 Å². The van der Waals surface area contributed by atoms with Crippen LogP contribution in [0, 0.1) is 0 Å². The van der Waals surface area contributed by atoms with Gasteiger partial charge in [0, 0.05) is 6.54 Å². The van der Waals surface area contributed by atoms with Crippen molar-refractivity contribution in [3.63, 3.8) is 0 Å². The number of piperazine rings is 1. The molecule has 2 unspecified atom stereocenters. The van der Waals surface area contributed by atoms with Crippen LogP contribution in [0.25, 0.3) is 0 Å². The van der Waals surface area contributed by atoms with Crippen LogP contribution in [-0.2, 0) is 0 Å². The molecule has 1 aliphatic rings. The third-order valence-electron chi connectivity index (χ3n) is 6.14. The van der Waals surface area contributed by atoms with Crippen molar-refractivity contribution in [2.75, 3.05) is 26.2 Å². The van der Waals surface area contributed by atoms with E-state index in [1.807, 2.05) is 57.2 Å². The monoisotopic (exact) mass is 382 g/mol. The first-order valence-electron chi connectivity index (χ1n) is 9.85. The molecule has 5 heteroatoms. The molecule has 2 aromatic carbocycles. The highest BCUT2D eigenvalue weighted by molar-refractivity contribution is 5.55. The number of quaternary nitrogens is 1. The number of benzene rings is 2. The summed E-state index contributed by atoms with van der Waals surface area (Å²) >= 11 is 0. The van der Waals surface area contributed by atoms with Gasteiger partial charge in [-0.05, 0) is 31.9 Å². The highest BCUT2D eigenvalue weighted by Gasteiger charge is 2.49. The van der Waals surface area contributed by atoms with Crippen LogP contribution in [-0.4, -0.2) is 58.4 Å². The minimum Gasteiger partial charge on any atom is -0.498 e. The predicted molar refractivity (Wildman–Crippen MR) is 107 cm³/mol. The Kier molecular flexibility index (Phi) is 5.89. The van der Waals surface area contributed by atoms with Gasteiger partial charge in [0.05, 0.1) is 30.8 Å². The lowest BCUT2D eigenvalue weighted by atomic mass is 9.92. The zero-order valence-electron chi connectivity index (χ0n) is 16.9. The second-order valence-corrected chi connectivity index (χ2v) is 8.61. The molecule has 0 aliphatic carbocycles. The van der Waals surface area contributed by atoms with E-state index in [2.05, 4.69) is 29.2 Å². The first kappa shape index (κ1) is 20.5. The number of carbonyl (C=O) groups excluding carboxylic acids is 1. The predicted octanol–water partition coefficient (Wildman–Crippen LogP) is 2.41. The summed E-state index contributed by atoms with van der Waals surface area (Å²) in [6.07, 6.45) is -1.07. The van der Waals surface area contributed by atoms with Crippen molar-refractivity contribution in [3.05, 3.63) is 71.8 Å². The summed E-state index contributed by atoms with van der Waals surface area (Å²) in [5.74, 6) is 0. The Morgan fingerprint density at radius 1 is 1.11 bits per heavy atom. The van der Waals surface area contributed by atoms with Gasteiger partial charge in [-0.1, -0.05) is 60.7 Å². The molecule has 1 fully saturated rings. The number of hydrogen-bond donors (Lipinski definition) is 1. The van der Waals surface area contributed by atoms with Crippen LogP contribution in [0.15, 0.2) is 60.7 Å². The van der Waals surface area contributed by atoms with Gasteiger partial charge in [-0.2, -0.15) is 0 Å². The van der Waals surface area contributed by atoms with Crippen molar-refractivity contribution in [1.82, 2.24) is 4.90 Å². The normalized spacial score (nSPS) is 23.7. The lowest BCUT2D eigenvalue weighted by molar-refractivity contribution is -0.926. The summed E-state index contributed by atoms with van der Waals surface area (Å²) in [4.78, 5) is 14.4. The molecule has 28 heavy (non-hydrogen) atoms. The third-order valence-corrected chi connectivity index (χ3v) is 6.14. The van der Waals surface area contributed by atoms with E-state index in [0.29, 0.717) is 19.6 Å². The minimum absolute atomic E-state index is 0.0385. The van der Waals surface area contributed by atoms with Crippen LogP contribution in [0.2, 0.25) is 0 Å². The van der Waals surface area contributed by atoms with Gasteiger partial charge in [0.2, 0.25) is 0 Å². The molecule has 5 nitrogen and oxygen atoms in total. The van der Waals surface area contributed by atoms with Gasteiger partial charge in [-0.15, -0.1) is 0 Å². The van der Waals surface area contributed by atoms with E-state index in [4.69, 9.17) is 0 Å². The molecule has 0 radical (unpaired) electrons. The summed E-state index contributed by atoms with van der Waals surface area (Å²) in [5.41, 5.74) is 1.76. The number of carboxylic acid groups (broad SMARTS) is 1. The van der Waals surface area contributed by atoms with Gasteiger partial charge in [0.25, 0.3) is 6.09 Å². The zero-order valence-corrected chi connectivity index (χ0v) is 16.9. The van der Waals surface area contributed by atoms with Crippen molar-refractivity contribution in [3.8, 4) is 0 Å². The fraction of sp³-hybridized carbons (Fsp3) is 0.435. The van der Waals surface area contributed by atoms with Crippen LogP contribution in [0.4, 0.5) is 4.79 Å². The lowest BCUT2D eigenvalue weighted by Crippen LogP contribution is -2.75. The Morgan fingerprint density at radius 3 is 2.00 bits per heavy atom. The number of carbonyl (C=O) groups is 1. The molecule has 0 aromatic heterocycles. The SMILES string of the molecule is CC(C)(C)[N+]1(C(=O)[O-])CCN(C(c2ccccc2)c2ccccc2)C(CO)C1. The number of rotatable bonds is 4. The Balaban J connectivity index is 2.02. The maximum Gasteiger partial charge on any atom is 0.257 e. The maximum absolute atomic E-state index is 12.2. The average Bonchev–Trinajstić information content (AvgIpc) is 2.69. The van der Waals surface area contributed by atoms with Gasteiger partial charge in [0.1, 0.15) is 6.54 Å². The van der Waals surface area contributed by atoms with Crippen LogP contribution < -0.4 is 5.11 Å². The van der Waals surface area contributed by atoms with Gasteiger partial charge in [-0.3, -0.25) is 9.38 Å². The van der Waals surface area contributed by atoms with Gasteiger partial charge >= 0.3 is 0 Å². The number of hydrogen-bond acceptors (Lipinski definition) is 4. The Labute approximate surface area is 167 Å². The molecule has 1 N–H and O–H groups in total. The van der Waals surface area contributed by atoms with Gasteiger partial charge in [-0.25, -0.2) is 0 Å². The first-order valence-corrected chi connectivity index (χ1v) is 9.85. The van der Waals surface area contributed by atoms with Crippen LogP contribution in [0.3, 0.4) is 0 Å². The van der Waals surface area contributed by atoms with Gasteiger partial charge in [0.15, 0.2) is 0 Å². The Morgan fingerprint density at radius 2 is 1.61 bits per heavy atom. The number of nitrogens with zero attached hydrogens (tertiary/aromatic N) is 2.